The highest BCUT2D eigenvalue weighted by molar-refractivity contribution is 14.1. The zero-order valence-electron chi connectivity index (χ0n) is 13.5. The Morgan fingerprint density at radius 3 is 2.54 bits per heavy atom. The summed E-state index contributed by atoms with van der Waals surface area (Å²) in [6.45, 7) is 1.63. The van der Waals surface area contributed by atoms with Gasteiger partial charge in [-0.1, -0.05) is 12.1 Å². The van der Waals surface area contributed by atoms with E-state index in [4.69, 9.17) is 9.15 Å². The summed E-state index contributed by atoms with van der Waals surface area (Å²) in [5.74, 6) is -0.165. The first-order valence-electron chi connectivity index (χ1n) is 7.49. The van der Waals surface area contributed by atoms with E-state index in [9.17, 15) is 14.9 Å². The van der Waals surface area contributed by atoms with Gasteiger partial charge in [0, 0.05) is 21.3 Å². The van der Waals surface area contributed by atoms with E-state index in [-0.39, 0.29) is 17.5 Å². The average Bonchev–Trinajstić information content (AvgIpc) is 3.12. The number of nitrogens with zero attached hydrogens (tertiary/aromatic N) is 3. The maximum absolute atomic E-state index is 12.2. The number of halogens is 1. The molecule has 0 radical (unpaired) electrons. The summed E-state index contributed by atoms with van der Waals surface area (Å²) in [4.78, 5) is 22.4. The van der Waals surface area contributed by atoms with Gasteiger partial charge in [-0.05, 0) is 53.8 Å². The van der Waals surface area contributed by atoms with Gasteiger partial charge in [0.25, 0.3) is 11.6 Å². The molecule has 0 fully saturated rings. The second-order valence-electron chi connectivity index (χ2n) is 5.28. The monoisotopic (exact) mass is 465 g/mol. The van der Waals surface area contributed by atoms with Gasteiger partial charge in [-0.3, -0.25) is 10.1 Å². The first-order chi connectivity index (χ1) is 12.5. The van der Waals surface area contributed by atoms with E-state index >= 15 is 0 Å². The van der Waals surface area contributed by atoms with E-state index in [0.29, 0.717) is 11.1 Å². The van der Waals surface area contributed by atoms with Crippen molar-refractivity contribution in [3.05, 3.63) is 73.7 Å². The maximum Gasteiger partial charge on any atom is 0.339 e. The lowest BCUT2D eigenvalue weighted by atomic mass is 10.2. The lowest BCUT2D eigenvalue weighted by Gasteiger charge is -2.10. The molecule has 0 unspecified atom stereocenters. The van der Waals surface area contributed by atoms with Crippen LogP contribution in [0, 0.1) is 13.7 Å². The van der Waals surface area contributed by atoms with Crippen LogP contribution in [0.3, 0.4) is 0 Å². The summed E-state index contributed by atoms with van der Waals surface area (Å²) in [5.41, 5.74) is 0.953. The third-order valence-corrected chi connectivity index (χ3v) is 4.43. The fourth-order valence-electron chi connectivity index (χ4n) is 2.14. The van der Waals surface area contributed by atoms with Crippen molar-refractivity contribution in [3.8, 4) is 11.5 Å². The molecule has 8 nitrogen and oxygen atoms in total. The molecule has 1 atom stereocenters. The standard InChI is InChI=1S/C17H12IN3O5/c1-10(25-17(22)13-4-2-3-5-14(13)18)15-19-20-16(26-15)11-6-8-12(9-7-11)21(23)24/h2-10H,1H3/t10-/m1/s1. The summed E-state index contributed by atoms with van der Waals surface area (Å²) in [5, 5.41) is 18.5. The number of carbonyl (C=O) groups excluding carboxylic acids is 1. The van der Waals surface area contributed by atoms with Crippen LogP contribution in [-0.4, -0.2) is 21.1 Å². The number of rotatable bonds is 5. The number of aromatic nitrogens is 2. The maximum atomic E-state index is 12.2. The number of hydrogen-bond donors (Lipinski definition) is 0. The number of carbonyl (C=O) groups is 1. The molecule has 132 valence electrons. The number of hydrogen-bond acceptors (Lipinski definition) is 7. The molecule has 0 N–H and O–H groups in total. The molecule has 1 aromatic heterocycles. The molecule has 2 aromatic carbocycles. The van der Waals surface area contributed by atoms with Gasteiger partial charge in [-0.25, -0.2) is 4.79 Å². The average molecular weight is 465 g/mol. The Balaban J connectivity index is 1.73. The SMILES string of the molecule is C[C@@H](OC(=O)c1ccccc1I)c1nnc(-c2ccc([N+](=O)[O-])cc2)o1. The zero-order chi connectivity index (χ0) is 18.7. The van der Waals surface area contributed by atoms with E-state index in [2.05, 4.69) is 32.8 Å². The summed E-state index contributed by atoms with van der Waals surface area (Å²) < 4.78 is 11.7. The van der Waals surface area contributed by atoms with Crippen molar-refractivity contribution in [2.24, 2.45) is 0 Å². The third kappa shape index (κ3) is 3.87. The van der Waals surface area contributed by atoms with Crippen LogP contribution in [0.1, 0.15) is 29.3 Å². The first-order valence-corrected chi connectivity index (χ1v) is 8.57. The van der Waals surface area contributed by atoms with Crippen LogP contribution in [0.25, 0.3) is 11.5 Å². The minimum atomic E-state index is -0.738. The topological polar surface area (TPSA) is 108 Å². The fourth-order valence-corrected chi connectivity index (χ4v) is 2.75. The number of benzene rings is 2. The van der Waals surface area contributed by atoms with Gasteiger partial charge in [-0.2, -0.15) is 0 Å². The molecule has 0 saturated carbocycles. The molecule has 0 amide bonds. The molecule has 0 bridgehead atoms. The van der Waals surface area contributed by atoms with E-state index in [1.54, 1.807) is 25.1 Å². The third-order valence-electron chi connectivity index (χ3n) is 3.49. The Hall–Kier alpha value is -2.82. The quantitative estimate of drug-likeness (QED) is 0.241. The molecule has 3 aromatic rings. The van der Waals surface area contributed by atoms with Gasteiger partial charge in [-0.15, -0.1) is 10.2 Å². The Bertz CT molecular complexity index is 955. The van der Waals surface area contributed by atoms with E-state index in [1.165, 1.54) is 24.3 Å². The molecule has 0 spiro atoms. The molecule has 0 saturated heterocycles. The van der Waals surface area contributed by atoms with E-state index in [0.717, 1.165) is 3.57 Å². The number of non-ortho nitro benzene ring substituents is 1. The van der Waals surface area contributed by atoms with Crippen molar-refractivity contribution in [1.82, 2.24) is 10.2 Å². The van der Waals surface area contributed by atoms with Gasteiger partial charge in [0.2, 0.25) is 5.89 Å². The Labute approximate surface area is 161 Å². The van der Waals surface area contributed by atoms with Crippen molar-refractivity contribution in [2.45, 2.75) is 13.0 Å². The van der Waals surface area contributed by atoms with Crippen LogP contribution in [-0.2, 0) is 4.74 Å². The Morgan fingerprint density at radius 1 is 1.19 bits per heavy atom. The largest absolute Gasteiger partial charge is 0.449 e. The molecule has 3 rings (SSSR count). The van der Waals surface area contributed by atoms with Crippen molar-refractivity contribution < 1.29 is 18.9 Å². The molecule has 9 heteroatoms. The fraction of sp³-hybridized carbons (Fsp3) is 0.118. The second kappa shape index (κ2) is 7.60. The van der Waals surface area contributed by atoms with Gasteiger partial charge in [0.15, 0.2) is 6.10 Å². The van der Waals surface area contributed by atoms with Gasteiger partial charge in [0.05, 0.1) is 10.5 Å². The summed E-state index contributed by atoms with van der Waals surface area (Å²) in [6, 6.07) is 12.8. The summed E-state index contributed by atoms with van der Waals surface area (Å²) >= 11 is 2.06. The van der Waals surface area contributed by atoms with Crippen LogP contribution in [0.15, 0.2) is 52.9 Å². The summed E-state index contributed by atoms with van der Waals surface area (Å²) in [7, 11) is 0. The van der Waals surface area contributed by atoms with E-state index in [1.807, 2.05) is 6.07 Å². The van der Waals surface area contributed by atoms with Crippen molar-refractivity contribution in [2.75, 3.05) is 0 Å². The molecule has 1 heterocycles. The van der Waals surface area contributed by atoms with Crippen molar-refractivity contribution in [3.63, 3.8) is 0 Å². The zero-order valence-corrected chi connectivity index (χ0v) is 15.6. The highest BCUT2D eigenvalue weighted by atomic mass is 127. The molecular formula is C17H12IN3O5. The van der Waals surface area contributed by atoms with Crippen LogP contribution in [0.5, 0.6) is 0 Å². The van der Waals surface area contributed by atoms with E-state index < -0.39 is 17.0 Å². The molecule has 0 aliphatic carbocycles. The lowest BCUT2D eigenvalue weighted by Crippen LogP contribution is -2.10. The minimum Gasteiger partial charge on any atom is -0.449 e. The van der Waals surface area contributed by atoms with Crippen LogP contribution < -0.4 is 0 Å². The van der Waals surface area contributed by atoms with Crippen molar-refractivity contribution in [1.29, 1.82) is 0 Å². The molecular weight excluding hydrogens is 453 g/mol. The van der Waals surface area contributed by atoms with Crippen LogP contribution in [0.2, 0.25) is 0 Å². The predicted molar refractivity (Wildman–Crippen MR) is 99.4 cm³/mol. The van der Waals surface area contributed by atoms with Gasteiger partial charge < -0.3 is 9.15 Å². The molecule has 0 aliphatic rings. The highest BCUT2D eigenvalue weighted by Gasteiger charge is 2.21. The smallest absolute Gasteiger partial charge is 0.339 e. The highest BCUT2D eigenvalue weighted by Crippen LogP contribution is 2.25. The minimum absolute atomic E-state index is 0.0340. The predicted octanol–water partition coefficient (Wildman–Crippen LogP) is 4.17. The first kappa shape index (κ1) is 18.0. The number of ether oxygens (including phenoxy) is 1. The summed E-state index contributed by atoms with van der Waals surface area (Å²) in [6.07, 6.45) is -0.738. The van der Waals surface area contributed by atoms with Crippen LogP contribution >= 0.6 is 22.6 Å². The van der Waals surface area contributed by atoms with Gasteiger partial charge in [0.1, 0.15) is 0 Å². The Morgan fingerprint density at radius 2 is 1.88 bits per heavy atom. The van der Waals surface area contributed by atoms with Crippen molar-refractivity contribution >= 4 is 34.2 Å². The number of nitro benzene ring substituents is 1. The lowest BCUT2D eigenvalue weighted by molar-refractivity contribution is -0.384. The molecule has 0 aliphatic heterocycles. The normalized spacial score (nSPS) is 11.8. The number of nitro groups is 1. The van der Waals surface area contributed by atoms with Gasteiger partial charge >= 0.3 is 5.97 Å². The Kier molecular flexibility index (Phi) is 5.26. The number of esters is 1. The van der Waals surface area contributed by atoms with Crippen LogP contribution in [0.4, 0.5) is 5.69 Å². The second-order valence-corrected chi connectivity index (χ2v) is 6.44. The molecule has 26 heavy (non-hydrogen) atoms.